The topological polar surface area (TPSA) is 33.0 Å². The van der Waals surface area contributed by atoms with Gasteiger partial charge in [0.15, 0.2) is 0 Å². The minimum Gasteiger partial charge on any atom is -0.381 e. The fraction of sp³-hybridized carbons (Fsp3) is 0.941. The van der Waals surface area contributed by atoms with Gasteiger partial charge in [0.25, 0.3) is 0 Å². The molecule has 0 saturated heterocycles. The van der Waals surface area contributed by atoms with Gasteiger partial charge in [-0.25, -0.2) is 0 Å². The van der Waals surface area contributed by atoms with Gasteiger partial charge in [-0.1, -0.05) is 6.92 Å². The zero-order valence-electron chi connectivity index (χ0n) is 12.4. The largest absolute Gasteiger partial charge is 0.381 e. The van der Waals surface area contributed by atoms with Crippen LogP contribution in [-0.2, 0) is 4.74 Å². The van der Waals surface area contributed by atoms with Crippen LogP contribution in [0.3, 0.4) is 0 Å². The van der Waals surface area contributed by atoms with E-state index in [1.165, 1.54) is 38.5 Å². The molecule has 0 aromatic heterocycles. The lowest BCUT2D eigenvalue weighted by Gasteiger charge is -2.36. The van der Waals surface area contributed by atoms with Crippen molar-refractivity contribution in [3.05, 3.63) is 0 Å². The first kappa shape index (κ1) is 14.9. The summed E-state index contributed by atoms with van der Waals surface area (Å²) >= 11 is 0. The monoisotopic (exact) mass is 263 g/mol. The molecule has 0 amide bonds. The minimum absolute atomic E-state index is 0.357. The Morgan fingerprint density at radius 1 is 0.947 bits per heavy atom. The molecule has 0 aromatic carbocycles. The summed E-state index contributed by atoms with van der Waals surface area (Å²) < 4.78 is 5.70. The predicted molar refractivity (Wildman–Crippen MR) is 77.6 cm³/mol. The Kier molecular flexibility index (Phi) is 6.17. The Bertz CT molecular complexity index is 280. The Balaban J connectivity index is 1.65. The van der Waals surface area contributed by atoms with Crippen LogP contribution < -0.4 is 0 Å². The molecule has 0 N–H and O–H groups in total. The van der Waals surface area contributed by atoms with E-state index in [-0.39, 0.29) is 0 Å². The third-order valence-electron chi connectivity index (χ3n) is 5.21. The molecule has 2 aliphatic rings. The van der Waals surface area contributed by atoms with Crippen LogP contribution >= 0.6 is 0 Å². The Morgan fingerprint density at radius 3 is 2.05 bits per heavy atom. The molecule has 0 atom stereocenters. The van der Waals surface area contributed by atoms with Crippen LogP contribution in [0.2, 0.25) is 0 Å². The summed E-state index contributed by atoms with van der Waals surface area (Å²) in [5.74, 6) is 3.04. The molecular weight excluding hydrogens is 234 g/mol. The quantitative estimate of drug-likeness (QED) is 0.682. The summed E-state index contributed by atoms with van der Waals surface area (Å²) in [4.78, 5) is 0. The van der Waals surface area contributed by atoms with Gasteiger partial charge in [0.05, 0.1) is 6.07 Å². The van der Waals surface area contributed by atoms with E-state index >= 15 is 0 Å². The summed E-state index contributed by atoms with van der Waals surface area (Å²) in [6.45, 7) is 4.09. The number of rotatable bonds is 5. The number of hydrogen-bond donors (Lipinski definition) is 0. The zero-order valence-corrected chi connectivity index (χ0v) is 12.4. The molecule has 2 saturated carbocycles. The van der Waals surface area contributed by atoms with E-state index in [1.807, 2.05) is 0 Å². The second-order valence-electron chi connectivity index (χ2n) is 6.60. The molecule has 19 heavy (non-hydrogen) atoms. The lowest BCUT2D eigenvalue weighted by atomic mass is 9.69. The maximum atomic E-state index is 8.96. The van der Waals surface area contributed by atoms with Gasteiger partial charge < -0.3 is 4.74 Å². The van der Waals surface area contributed by atoms with Crippen molar-refractivity contribution in [3.63, 3.8) is 0 Å². The van der Waals surface area contributed by atoms with Gasteiger partial charge in [0.2, 0.25) is 0 Å². The van der Waals surface area contributed by atoms with Crippen LogP contribution in [0.5, 0.6) is 0 Å². The van der Waals surface area contributed by atoms with Gasteiger partial charge in [-0.3, -0.25) is 0 Å². The summed E-state index contributed by atoms with van der Waals surface area (Å²) in [5.41, 5.74) is 0. The van der Waals surface area contributed by atoms with Gasteiger partial charge in [0, 0.05) is 19.1 Å². The molecule has 0 spiro atoms. The highest BCUT2D eigenvalue weighted by Crippen LogP contribution is 2.41. The van der Waals surface area contributed by atoms with Crippen molar-refractivity contribution < 1.29 is 4.74 Å². The maximum absolute atomic E-state index is 8.96. The van der Waals surface area contributed by atoms with Crippen molar-refractivity contribution in [1.29, 1.82) is 5.26 Å². The first-order valence-corrected chi connectivity index (χ1v) is 8.30. The standard InChI is InChI=1S/C17H29NO/c1-2-11-19-13-15-5-9-17(10-6-15)16-7-3-14(12-18)4-8-16/h14-17H,2-11,13H2,1H3. The van der Waals surface area contributed by atoms with Gasteiger partial charge in [0.1, 0.15) is 0 Å². The summed E-state index contributed by atoms with van der Waals surface area (Å²) in [5, 5.41) is 8.96. The lowest BCUT2D eigenvalue weighted by Crippen LogP contribution is -2.27. The molecule has 2 nitrogen and oxygen atoms in total. The van der Waals surface area contributed by atoms with E-state index in [0.29, 0.717) is 5.92 Å². The van der Waals surface area contributed by atoms with Crippen LogP contribution in [0.4, 0.5) is 0 Å². The van der Waals surface area contributed by atoms with Crippen molar-refractivity contribution in [3.8, 4) is 6.07 Å². The number of nitrogens with zero attached hydrogens (tertiary/aromatic N) is 1. The van der Waals surface area contributed by atoms with E-state index in [9.17, 15) is 0 Å². The van der Waals surface area contributed by atoms with Crippen molar-refractivity contribution in [2.45, 2.75) is 64.7 Å². The van der Waals surface area contributed by atoms with E-state index < -0.39 is 0 Å². The van der Waals surface area contributed by atoms with Crippen LogP contribution in [-0.4, -0.2) is 13.2 Å². The number of hydrogen-bond acceptors (Lipinski definition) is 2. The fourth-order valence-corrected chi connectivity index (χ4v) is 3.94. The van der Waals surface area contributed by atoms with Gasteiger partial charge in [-0.15, -0.1) is 0 Å². The highest BCUT2D eigenvalue weighted by molar-refractivity contribution is 4.89. The van der Waals surface area contributed by atoms with Gasteiger partial charge >= 0.3 is 0 Å². The average Bonchev–Trinajstić information content (AvgIpc) is 2.48. The number of ether oxygens (including phenoxy) is 1. The molecule has 2 fully saturated rings. The van der Waals surface area contributed by atoms with Crippen LogP contribution in [0, 0.1) is 35.0 Å². The summed E-state index contributed by atoms with van der Waals surface area (Å²) in [7, 11) is 0. The molecule has 2 aliphatic carbocycles. The molecule has 108 valence electrons. The van der Waals surface area contributed by atoms with E-state index in [4.69, 9.17) is 10.00 Å². The van der Waals surface area contributed by atoms with Gasteiger partial charge in [-0.2, -0.15) is 5.26 Å². The first-order chi connectivity index (χ1) is 9.33. The molecule has 0 heterocycles. The SMILES string of the molecule is CCCOCC1CCC(C2CCC(C#N)CC2)CC1. The third kappa shape index (κ3) is 4.49. The van der Waals surface area contributed by atoms with Crippen molar-refractivity contribution in [1.82, 2.24) is 0 Å². The molecule has 0 bridgehead atoms. The molecule has 2 heteroatoms. The molecular formula is C17H29NO. The van der Waals surface area contributed by atoms with Crippen LogP contribution in [0.15, 0.2) is 0 Å². The maximum Gasteiger partial charge on any atom is 0.0655 e. The minimum atomic E-state index is 0.357. The lowest BCUT2D eigenvalue weighted by molar-refractivity contribution is 0.0663. The summed E-state index contributed by atoms with van der Waals surface area (Å²) in [6, 6.07) is 2.45. The van der Waals surface area contributed by atoms with Crippen LogP contribution in [0.25, 0.3) is 0 Å². The van der Waals surface area contributed by atoms with Crippen molar-refractivity contribution in [2.24, 2.45) is 23.7 Å². The molecule has 0 radical (unpaired) electrons. The molecule has 2 rings (SSSR count). The van der Waals surface area contributed by atoms with Crippen LogP contribution in [0.1, 0.15) is 64.7 Å². The second-order valence-corrected chi connectivity index (χ2v) is 6.60. The predicted octanol–water partition coefficient (Wildman–Crippen LogP) is 4.55. The second kappa shape index (κ2) is 7.90. The van der Waals surface area contributed by atoms with E-state index in [1.54, 1.807) is 0 Å². The Labute approximate surface area is 118 Å². The Morgan fingerprint density at radius 2 is 1.53 bits per heavy atom. The summed E-state index contributed by atoms with van der Waals surface area (Å²) in [6.07, 6.45) is 11.6. The first-order valence-electron chi connectivity index (χ1n) is 8.30. The fourth-order valence-electron chi connectivity index (χ4n) is 3.94. The van der Waals surface area contributed by atoms with Crippen molar-refractivity contribution >= 4 is 0 Å². The average molecular weight is 263 g/mol. The molecule has 0 unspecified atom stereocenters. The number of nitriles is 1. The Hall–Kier alpha value is -0.550. The molecule has 0 aliphatic heterocycles. The van der Waals surface area contributed by atoms with Crippen molar-refractivity contribution in [2.75, 3.05) is 13.2 Å². The van der Waals surface area contributed by atoms with Gasteiger partial charge in [-0.05, 0) is 75.5 Å². The smallest absolute Gasteiger partial charge is 0.0655 e. The highest BCUT2D eigenvalue weighted by atomic mass is 16.5. The molecule has 0 aromatic rings. The third-order valence-corrected chi connectivity index (χ3v) is 5.21. The zero-order chi connectivity index (χ0) is 13.5. The van der Waals surface area contributed by atoms with E-state index in [2.05, 4.69) is 13.0 Å². The van der Waals surface area contributed by atoms with E-state index in [0.717, 1.165) is 50.2 Å². The normalized spacial score (nSPS) is 35.8. The highest BCUT2D eigenvalue weighted by Gasteiger charge is 2.30.